The summed E-state index contributed by atoms with van der Waals surface area (Å²) in [6.45, 7) is 12.2. The highest BCUT2D eigenvalue weighted by atomic mass is 32.5. The zero-order valence-corrected chi connectivity index (χ0v) is 75.9. The lowest BCUT2D eigenvalue weighted by atomic mass is 10.0. The van der Waals surface area contributed by atoms with Crippen LogP contribution in [0.2, 0.25) is 0 Å². The van der Waals surface area contributed by atoms with Gasteiger partial charge in [-0.25, -0.2) is 31.3 Å². The van der Waals surface area contributed by atoms with E-state index >= 15 is 0 Å². The highest BCUT2D eigenvalue weighted by Gasteiger charge is 2.50. The van der Waals surface area contributed by atoms with Gasteiger partial charge in [-0.1, -0.05) is 310 Å². The Morgan fingerprint density at radius 3 is 1.51 bits per heavy atom. The first kappa shape index (κ1) is 102. The summed E-state index contributed by atoms with van der Waals surface area (Å²) in [5, 5.41) is 10.6. The number of methoxy groups -OCH3 is 1. The number of rotatable bonds is 73. The van der Waals surface area contributed by atoms with Crippen LogP contribution in [0, 0.1) is 6.57 Å². The third kappa shape index (κ3) is 41.0. The van der Waals surface area contributed by atoms with Gasteiger partial charge >= 0.3 is 24.3 Å². The van der Waals surface area contributed by atoms with E-state index in [9.17, 15) is 24.3 Å². The molecule has 0 amide bonds. The summed E-state index contributed by atoms with van der Waals surface area (Å²) in [5.41, 5.74) is 0.00891. The first-order chi connectivity index (χ1) is 58.2. The lowest BCUT2D eigenvalue weighted by Gasteiger charge is -2.30. The number of hydrogen-bond acceptors (Lipinski definition) is 21. The van der Waals surface area contributed by atoms with Crippen LogP contribution >= 0.6 is 6.72 Å². The van der Waals surface area contributed by atoms with Crippen LogP contribution < -0.4 is 25.5 Å². The number of amidine groups is 1. The third-order valence-electron chi connectivity index (χ3n) is 22.8. The van der Waals surface area contributed by atoms with Gasteiger partial charge in [0, 0.05) is 39.9 Å². The molecule has 3 aromatic heterocycles. The SMILES string of the molecule is [C-]#[N+]CCOP(=S)(OC[C@H]1O[C@@H](n2cnc3c(N=C(C)N(C)C)ncnc32)C[C@H]1OC(=O)CCC(=O)OCc1cc(OCCCCCCCCCCCCCCCCCC)c(OCCCCCCCCCCCCCCCCCC)c(OCCCCCCCCCCCCCCCCCC)c1)O[C@@H]1C(OC)[C@H](n2ccc(=O)[nH]c2=O)O[C@@H]1CO. The van der Waals surface area contributed by atoms with E-state index in [2.05, 4.69) is 50.5 Å². The number of esters is 2. The Morgan fingerprint density at radius 1 is 0.605 bits per heavy atom. The quantitative estimate of drug-likeness (QED) is 0.0104. The molecule has 6 rings (SSSR count). The standard InChI is InChI=1S/C92H154N9O16PS/c1-9-12-15-18-21-24-27-30-33-36-39-42-45-48-51-54-62-108-77-66-75(67-78(109-63-55-52-49-46-43-40-37-34-31-28-25-22-19-16-13-10-2)86(77)110-64-56-53-50-47-44-41-38-35-32-29-26-23-20-17-14-11-3)70-111-83(104)57-58-84(105)115-76-68-82(101-73-96-85-89(94-72-95-90(85)101)97-74(4)99(6)7)114-80(76)71-113-118(119,112-65-60-93-5)117-87-79(69-102)116-91(88(87)107-8)100-61-59-81(103)98-92(100)106/h59,61,66-67,72-73,76,79-80,82,87-88,91,102H,9-58,60,62-65,68-71H2,1-4,6-8H3,(H,98,103,106)/t76-,79-,80-,82-,87+,88?,91-,118?/m1/s1. The first-order valence-electron chi connectivity index (χ1n) is 46.6. The second kappa shape index (κ2) is 63.1. The summed E-state index contributed by atoms with van der Waals surface area (Å²) in [6, 6.07) is 4.95. The molecule has 2 fully saturated rings. The van der Waals surface area contributed by atoms with Gasteiger partial charge in [0.05, 0.1) is 52.2 Å². The van der Waals surface area contributed by atoms with Crippen molar-refractivity contribution in [2.75, 3.05) is 67.4 Å². The molecule has 1 aromatic carbocycles. The second-order valence-corrected chi connectivity index (χ2v) is 36.0. The van der Waals surface area contributed by atoms with Gasteiger partial charge in [-0.3, -0.25) is 33.0 Å². The van der Waals surface area contributed by atoms with Crippen molar-refractivity contribution in [1.29, 1.82) is 0 Å². The average molecular weight is 1710 g/mol. The lowest BCUT2D eigenvalue weighted by Crippen LogP contribution is -2.40. The van der Waals surface area contributed by atoms with Gasteiger partial charge in [0.15, 0.2) is 34.7 Å². The lowest BCUT2D eigenvalue weighted by molar-refractivity contribution is -0.156. The van der Waals surface area contributed by atoms with Gasteiger partial charge in [-0.2, -0.15) is 0 Å². The van der Waals surface area contributed by atoms with Gasteiger partial charge in [0.1, 0.15) is 62.1 Å². The number of fused-ring (bicyclic) bond motifs is 1. The molecule has 2 aliphatic heterocycles. The molecule has 0 bridgehead atoms. The fraction of sp³-hybridized carbons (Fsp3) is 0.793. The molecule has 2 aliphatic rings. The smallest absolute Gasteiger partial charge is 0.330 e. The van der Waals surface area contributed by atoms with E-state index in [1.165, 1.54) is 283 Å². The number of unbranched alkanes of at least 4 members (excludes halogenated alkanes) is 45. The number of aromatic amines is 1. The number of aliphatic hydroxyl groups is 1. The predicted octanol–water partition coefficient (Wildman–Crippen LogP) is 22.1. The number of imidazole rings is 1. The average Bonchev–Trinajstić information content (AvgIpc) is 1.64. The van der Waals surface area contributed by atoms with Crippen LogP contribution in [0.3, 0.4) is 0 Å². The zero-order valence-electron chi connectivity index (χ0n) is 74.2. The molecule has 674 valence electrons. The van der Waals surface area contributed by atoms with E-state index in [1.54, 1.807) is 4.57 Å². The van der Waals surface area contributed by atoms with Crippen molar-refractivity contribution in [2.45, 2.75) is 405 Å². The molecule has 0 spiro atoms. The molecular formula is C92H154N9O16PS. The van der Waals surface area contributed by atoms with Crippen LogP contribution in [0.25, 0.3) is 16.0 Å². The maximum absolute atomic E-state index is 14.2. The Bertz CT molecular complexity index is 3550. The molecule has 25 nitrogen and oxygen atoms in total. The molecule has 5 heterocycles. The highest BCUT2D eigenvalue weighted by Crippen LogP contribution is 2.55. The minimum Gasteiger partial charge on any atom is -0.490 e. The van der Waals surface area contributed by atoms with E-state index in [0.717, 1.165) is 62.0 Å². The fourth-order valence-electron chi connectivity index (χ4n) is 15.5. The normalized spacial score (nSPS) is 17.9. The Kier molecular flexibility index (Phi) is 54.0. The van der Waals surface area contributed by atoms with E-state index in [4.69, 9.17) is 69.8 Å². The molecule has 0 aliphatic carbocycles. The summed E-state index contributed by atoms with van der Waals surface area (Å²) in [5.74, 6) is 1.36. The number of carbonyl (C=O) groups excluding carboxylic acids is 2. The van der Waals surface area contributed by atoms with E-state index in [0.29, 0.717) is 65.4 Å². The van der Waals surface area contributed by atoms with Crippen molar-refractivity contribution in [3.63, 3.8) is 0 Å². The molecule has 2 unspecified atom stereocenters. The van der Waals surface area contributed by atoms with Gasteiger partial charge in [-0.05, 0) is 55.7 Å². The second-order valence-electron chi connectivity index (χ2n) is 33.0. The van der Waals surface area contributed by atoms with Crippen molar-refractivity contribution >= 4 is 53.3 Å². The molecular weight excluding hydrogens is 1550 g/mol. The largest absolute Gasteiger partial charge is 0.490 e. The van der Waals surface area contributed by atoms with E-state index in [1.807, 2.05) is 38.1 Å². The number of aliphatic hydroxyl groups excluding tert-OH is 1. The van der Waals surface area contributed by atoms with Crippen LogP contribution in [-0.4, -0.2) is 155 Å². The monoisotopic (exact) mass is 1700 g/mol. The van der Waals surface area contributed by atoms with Gasteiger partial charge < -0.3 is 61.8 Å². The van der Waals surface area contributed by atoms with Crippen molar-refractivity contribution in [1.82, 2.24) is 34.0 Å². The minimum absolute atomic E-state index is 0.0503. The molecule has 0 radical (unpaired) electrons. The van der Waals surface area contributed by atoms with Gasteiger partial charge in [-0.15, -0.1) is 0 Å². The molecule has 0 saturated carbocycles. The number of nitrogens with zero attached hydrogens (tertiary/aromatic N) is 8. The number of aromatic nitrogens is 6. The van der Waals surface area contributed by atoms with Crippen LogP contribution in [0.5, 0.6) is 17.2 Å². The Morgan fingerprint density at radius 2 is 1.07 bits per heavy atom. The summed E-state index contributed by atoms with van der Waals surface area (Å²) < 4.78 is 72.7. The molecule has 8 atom stereocenters. The van der Waals surface area contributed by atoms with Crippen molar-refractivity contribution in [3.8, 4) is 17.2 Å². The van der Waals surface area contributed by atoms with Crippen molar-refractivity contribution in [3.05, 3.63) is 74.9 Å². The number of ether oxygens (including phenoxy) is 8. The maximum Gasteiger partial charge on any atom is 0.330 e. The molecule has 27 heteroatoms. The number of carbonyl (C=O) groups is 2. The summed E-state index contributed by atoms with van der Waals surface area (Å²) in [7, 11) is 5.08. The third-order valence-corrected chi connectivity index (χ3v) is 25.1. The Labute approximate surface area is 718 Å². The van der Waals surface area contributed by atoms with Crippen molar-refractivity contribution < 1.29 is 66.2 Å². The van der Waals surface area contributed by atoms with Crippen LogP contribution in [-0.2, 0) is 65.3 Å². The Hall–Kier alpha value is -5.88. The predicted molar refractivity (Wildman–Crippen MR) is 476 cm³/mol. The van der Waals surface area contributed by atoms with Gasteiger partial charge in [0.25, 0.3) is 5.56 Å². The topological polar surface area (TPSA) is 274 Å². The number of H-pyrrole nitrogens is 1. The number of hydrogen-bond donors (Lipinski definition) is 2. The Balaban J connectivity index is 1.13. The van der Waals surface area contributed by atoms with Crippen molar-refractivity contribution in [2.24, 2.45) is 4.99 Å². The van der Waals surface area contributed by atoms with E-state index < -0.39 is 86.1 Å². The van der Waals surface area contributed by atoms with Crippen LogP contribution in [0.1, 0.15) is 373 Å². The zero-order chi connectivity index (χ0) is 85.2. The van der Waals surface area contributed by atoms with Crippen LogP contribution in [0.4, 0.5) is 5.82 Å². The number of nitrogens with one attached hydrogen (secondary N) is 1. The molecule has 119 heavy (non-hydrogen) atoms. The first-order valence-corrected chi connectivity index (χ1v) is 49.2. The molecule has 2 saturated heterocycles. The number of benzene rings is 1. The summed E-state index contributed by atoms with van der Waals surface area (Å²) in [4.78, 5) is 79.0. The molecule has 2 N–H and O–H groups in total. The fourth-order valence-corrected chi connectivity index (χ4v) is 17.5. The molecule has 4 aromatic rings. The summed E-state index contributed by atoms with van der Waals surface area (Å²) >= 11 is 6.04. The minimum atomic E-state index is -4.01. The summed E-state index contributed by atoms with van der Waals surface area (Å²) in [6.07, 6.45) is 57.3. The number of aliphatic imine (C=N–C) groups is 1. The van der Waals surface area contributed by atoms with Gasteiger partial charge in [0.2, 0.25) is 12.3 Å². The highest BCUT2D eigenvalue weighted by molar-refractivity contribution is 8.07. The maximum atomic E-state index is 14.2. The van der Waals surface area contributed by atoms with Crippen LogP contribution in [0.15, 0.2) is 51.6 Å². The van der Waals surface area contributed by atoms with E-state index in [-0.39, 0.29) is 39.0 Å².